The van der Waals surface area contributed by atoms with Crippen LogP contribution >= 0.6 is 0 Å². The molecule has 0 aliphatic heterocycles. The first kappa shape index (κ1) is 27.4. The van der Waals surface area contributed by atoms with Crippen molar-refractivity contribution in [3.8, 4) is 5.75 Å². The third kappa shape index (κ3) is 7.03. The Labute approximate surface area is 227 Å². The number of hydrogen-bond donors (Lipinski definition) is 1. The number of aromatic nitrogens is 2. The summed E-state index contributed by atoms with van der Waals surface area (Å²) in [5, 5.41) is 3.08. The van der Waals surface area contributed by atoms with Crippen LogP contribution in [0.2, 0.25) is 0 Å². The average Bonchev–Trinajstić information content (AvgIpc) is 3.23. The van der Waals surface area contributed by atoms with Crippen LogP contribution in [-0.2, 0) is 18.4 Å². The Balaban J connectivity index is 1.28. The molecule has 0 spiro atoms. The van der Waals surface area contributed by atoms with Crippen LogP contribution in [-0.4, -0.2) is 28.6 Å². The third-order valence-electron chi connectivity index (χ3n) is 6.99. The van der Waals surface area contributed by atoms with Gasteiger partial charge in [-0.1, -0.05) is 62.7 Å². The lowest BCUT2D eigenvalue weighted by Gasteiger charge is -2.19. The molecule has 38 heavy (non-hydrogen) atoms. The van der Waals surface area contributed by atoms with E-state index in [1.54, 1.807) is 0 Å². The minimum absolute atomic E-state index is 0.0101. The largest absolute Gasteiger partial charge is 0.494 e. The Morgan fingerprint density at radius 3 is 2.45 bits per heavy atom. The average molecular weight is 512 g/mol. The third-order valence-corrected chi connectivity index (χ3v) is 6.99. The molecule has 3 aromatic carbocycles. The zero-order chi connectivity index (χ0) is 27.1. The zero-order valence-corrected chi connectivity index (χ0v) is 23.5. The summed E-state index contributed by atoms with van der Waals surface area (Å²) in [6.07, 6.45) is 3.64. The molecule has 200 valence electrons. The molecule has 1 amide bonds. The molecule has 0 unspecified atom stereocenters. The quantitative estimate of drug-likeness (QED) is 0.217. The number of para-hydroxylation sites is 2. The van der Waals surface area contributed by atoms with E-state index in [0.717, 1.165) is 60.4 Å². The molecular formula is C33H41N3O2. The number of unbranched alkanes of at least 4 members (excludes halogenated alkanes) is 1. The molecule has 0 aliphatic carbocycles. The van der Waals surface area contributed by atoms with Crippen LogP contribution in [0.3, 0.4) is 0 Å². The summed E-state index contributed by atoms with van der Waals surface area (Å²) < 4.78 is 8.33. The fourth-order valence-corrected chi connectivity index (χ4v) is 4.79. The lowest BCUT2D eigenvalue weighted by molar-refractivity contribution is 0.0952. The second kappa shape index (κ2) is 12.3. The molecule has 0 radical (unpaired) electrons. The molecule has 4 aromatic rings. The molecule has 0 fully saturated rings. The molecule has 0 saturated heterocycles. The van der Waals surface area contributed by atoms with Gasteiger partial charge in [0, 0.05) is 25.1 Å². The summed E-state index contributed by atoms with van der Waals surface area (Å²) in [5.74, 6) is 1.99. The Kier molecular flexibility index (Phi) is 8.88. The van der Waals surface area contributed by atoms with Crippen molar-refractivity contribution in [2.45, 2.75) is 72.3 Å². The number of benzene rings is 3. The van der Waals surface area contributed by atoms with Gasteiger partial charge in [-0.3, -0.25) is 4.79 Å². The minimum Gasteiger partial charge on any atom is -0.494 e. The molecule has 0 bridgehead atoms. The smallest absolute Gasteiger partial charge is 0.251 e. The maximum Gasteiger partial charge on any atom is 0.251 e. The minimum atomic E-state index is -0.0101. The van der Waals surface area contributed by atoms with Crippen molar-refractivity contribution in [1.82, 2.24) is 14.9 Å². The van der Waals surface area contributed by atoms with Crippen molar-refractivity contribution in [1.29, 1.82) is 0 Å². The standard InChI is InChI=1S/C33H41N3O2/c1-24-14-19-28(25(2)23-24)32(37)34-20-10-13-31-35-29-11-6-7-12-30(29)36(31)21-8-9-22-38-27-17-15-26(16-18-27)33(3,4)5/h6-7,11-12,14-19,23H,8-10,13,20-22H2,1-5H3,(H,34,37). The highest BCUT2D eigenvalue weighted by atomic mass is 16.5. The number of fused-ring (bicyclic) bond motifs is 1. The molecule has 1 N–H and O–H groups in total. The van der Waals surface area contributed by atoms with E-state index < -0.39 is 0 Å². The number of amides is 1. The molecule has 0 saturated carbocycles. The van der Waals surface area contributed by atoms with Gasteiger partial charge in [0.05, 0.1) is 17.6 Å². The summed E-state index contributed by atoms with van der Waals surface area (Å²) >= 11 is 0. The number of ether oxygens (including phenoxy) is 1. The Hall–Kier alpha value is -3.60. The molecule has 5 nitrogen and oxygen atoms in total. The normalized spacial score (nSPS) is 11.6. The number of imidazole rings is 1. The van der Waals surface area contributed by atoms with Crippen molar-refractivity contribution in [2.24, 2.45) is 0 Å². The van der Waals surface area contributed by atoms with Crippen molar-refractivity contribution in [2.75, 3.05) is 13.2 Å². The highest BCUT2D eigenvalue weighted by molar-refractivity contribution is 5.95. The summed E-state index contributed by atoms with van der Waals surface area (Å²) in [4.78, 5) is 17.5. The highest BCUT2D eigenvalue weighted by Gasteiger charge is 2.14. The lowest BCUT2D eigenvalue weighted by Crippen LogP contribution is -2.25. The predicted octanol–water partition coefficient (Wildman–Crippen LogP) is 7.17. The zero-order valence-electron chi connectivity index (χ0n) is 23.5. The monoisotopic (exact) mass is 511 g/mol. The van der Waals surface area contributed by atoms with Crippen molar-refractivity contribution >= 4 is 16.9 Å². The van der Waals surface area contributed by atoms with Gasteiger partial charge in [-0.05, 0) is 80.0 Å². The molecule has 1 aromatic heterocycles. The summed E-state index contributed by atoms with van der Waals surface area (Å²) in [5.41, 5.74) is 6.58. The van der Waals surface area contributed by atoms with Gasteiger partial charge >= 0.3 is 0 Å². The number of carbonyl (C=O) groups excluding carboxylic acids is 1. The first-order chi connectivity index (χ1) is 18.2. The van der Waals surface area contributed by atoms with Gasteiger partial charge in [-0.15, -0.1) is 0 Å². The Morgan fingerprint density at radius 1 is 0.947 bits per heavy atom. The van der Waals surface area contributed by atoms with E-state index >= 15 is 0 Å². The van der Waals surface area contributed by atoms with Crippen molar-refractivity contribution in [3.05, 3.63) is 94.8 Å². The molecule has 4 rings (SSSR count). The highest BCUT2D eigenvalue weighted by Crippen LogP contribution is 2.24. The second-order valence-corrected chi connectivity index (χ2v) is 11.2. The SMILES string of the molecule is Cc1ccc(C(=O)NCCCc2nc3ccccc3n2CCCCOc2ccc(C(C)(C)C)cc2)c(C)c1. The van der Waals surface area contributed by atoms with Crippen molar-refractivity contribution in [3.63, 3.8) is 0 Å². The molecule has 0 atom stereocenters. The van der Waals surface area contributed by atoms with Gasteiger partial charge in [0.1, 0.15) is 11.6 Å². The van der Waals surface area contributed by atoms with E-state index in [2.05, 4.69) is 73.1 Å². The number of hydrogen-bond acceptors (Lipinski definition) is 3. The summed E-state index contributed by atoms with van der Waals surface area (Å²) in [6.45, 7) is 12.9. The van der Waals surface area contributed by atoms with E-state index in [1.165, 1.54) is 16.6 Å². The van der Waals surface area contributed by atoms with Crippen LogP contribution in [0.1, 0.15) is 72.9 Å². The van der Waals surface area contributed by atoms with E-state index in [-0.39, 0.29) is 11.3 Å². The lowest BCUT2D eigenvalue weighted by atomic mass is 9.87. The summed E-state index contributed by atoms with van der Waals surface area (Å²) in [7, 11) is 0. The number of carbonyl (C=O) groups is 1. The molecular weight excluding hydrogens is 470 g/mol. The Morgan fingerprint density at radius 2 is 1.71 bits per heavy atom. The van der Waals surface area contributed by atoms with Crippen LogP contribution in [0.15, 0.2) is 66.7 Å². The maximum absolute atomic E-state index is 12.6. The fraction of sp³-hybridized carbons (Fsp3) is 0.394. The van der Waals surface area contributed by atoms with E-state index in [1.807, 2.05) is 38.1 Å². The molecule has 1 heterocycles. The van der Waals surface area contributed by atoms with Gasteiger partial charge in [0.25, 0.3) is 5.91 Å². The van der Waals surface area contributed by atoms with Crippen molar-refractivity contribution < 1.29 is 9.53 Å². The Bertz CT molecular complexity index is 1360. The number of nitrogens with one attached hydrogen (secondary N) is 1. The van der Waals surface area contributed by atoms with Crippen LogP contribution in [0.25, 0.3) is 11.0 Å². The van der Waals surface area contributed by atoms with E-state index in [0.29, 0.717) is 13.2 Å². The first-order valence-corrected chi connectivity index (χ1v) is 13.8. The van der Waals surface area contributed by atoms with Crippen LogP contribution < -0.4 is 10.1 Å². The maximum atomic E-state index is 12.6. The van der Waals surface area contributed by atoms with Gasteiger partial charge in [0.2, 0.25) is 0 Å². The number of aryl methyl sites for hydroxylation is 4. The number of nitrogens with zero attached hydrogens (tertiary/aromatic N) is 2. The fourth-order valence-electron chi connectivity index (χ4n) is 4.79. The number of rotatable bonds is 11. The van der Waals surface area contributed by atoms with Gasteiger partial charge < -0.3 is 14.6 Å². The van der Waals surface area contributed by atoms with Crippen LogP contribution in [0.4, 0.5) is 0 Å². The van der Waals surface area contributed by atoms with E-state index in [9.17, 15) is 4.79 Å². The van der Waals surface area contributed by atoms with Crippen LogP contribution in [0.5, 0.6) is 5.75 Å². The second-order valence-electron chi connectivity index (χ2n) is 11.2. The first-order valence-electron chi connectivity index (χ1n) is 13.8. The molecule has 5 heteroatoms. The predicted molar refractivity (Wildman–Crippen MR) is 156 cm³/mol. The topological polar surface area (TPSA) is 56.2 Å². The van der Waals surface area contributed by atoms with Gasteiger partial charge in [-0.25, -0.2) is 4.98 Å². The van der Waals surface area contributed by atoms with Gasteiger partial charge in [0.15, 0.2) is 0 Å². The van der Waals surface area contributed by atoms with Gasteiger partial charge in [-0.2, -0.15) is 0 Å². The summed E-state index contributed by atoms with van der Waals surface area (Å²) in [6, 6.07) is 22.7. The van der Waals surface area contributed by atoms with E-state index in [4.69, 9.17) is 9.72 Å². The molecule has 0 aliphatic rings. The van der Waals surface area contributed by atoms with Crippen LogP contribution in [0, 0.1) is 13.8 Å².